The van der Waals surface area contributed by atoms with E-state index in [1.54, 1.807) is 13.2 Å². The number of alkyl halides is 1. The van der Waals surface area contributed by atoms with Gasteiger partial charge in [-0.1, -0.05) is 42.8 Å². The molecule has 0 radical (unpaired) electrons. The lowest BCUT2D eigenvalue weighted by Crippen LogP contribution is -2.47. The summed E-state index contributed by atoms with van der Waals surface area (Å²) in [6.07, 6.45) is 1.47. The largest absolute Gasteiger partial charge is 0.497 e. The smallest absolute Gasteiger partial charge is 0.232 e. The van der Waals surface area contributed by atoms with Gasteiger partial charge in [0.1, 0.15) is 5.75 Å². The van der Waals surface area contributed by atoms with Crippen LogP contribution in [0.15, 0.2) is 24.3 Å². The van der Waals surface area contributed by atoms with Crippen LogP contribution < -0.4 is 10.1 Å². The van der Waals surface area contributed by atoms with Crippen LogP contribution in [-0.4, -0.2) is 23.6 Å². The van der Waals surface area contributed by atoms with Crippen LogP contribution in [0.1, 0.15) is 33.6 Å². The lowest BCUT2D eigenvalue weighted by atomic mass is 9.64. The van der Waals surface area contributed by atoms with E-state index in [9.17, 15) is 9.59 Å². The van der Waals surface area contributed by atoms with Crippen LogP contribution >= 0.6 is 15.9 Å². The minimum Gasteiger partial charge on any atom is -0.497 e. The standard InChI is InChI=1S/C18H22BrNO3/c1-16(2)17(3)8-9-18(16,13(19)14(17)21)15(22)20-11-6-5-7-12(10-11)23-4/h5-7,10,13H,8-9H2,1-4H3,(H,20,22). The van der Waals surface area contributed by atoms with E-state index in [1.807, 2.05) is 39.0 Å². The molecular weight excluding hydrogens is 358 g/mol. The molecule has 1 aromatic rings. The lowest BCUT2D eigenvalue weighted by Gasteiger charge is -2.39. The second-order valence-electron chi connectivity index (χ2n) is 7.34. The predicted octanol–water partition coefficient (Wildman–Crippen LogP) is 3.79. The van der Waals surface area contributed by atoms with Gasteiger partial charge in [-0.05, 0) is 30.4 Å². The van der Waals surface area contributed by atoms with Crippen LogP contribution in [0.25, 0.3) is 0 Å². The lowest BCUT2D eigenvalue weighted by molar-refractivity contribution is -0.130. The number of amides is 1. The minimum absolute atomic E-state index is 0.0906. The van der Waals surface area contributed by atoms with E-state index in [0.717, 1.165) is 6.42 Å². The fourth-order valence-electron chi connectivity index (χ4n) is 4.40. The van der Waals surface area contributed by atoms with Crippen molar-refractivity contribution < 1.29 is 14.3 Å². The third-order valence-corrected chi connectivity index (χ3v) is 7.65. The number of anilines is 1. The Bertz CT molecular complexity index is 687. The second-order valence-corrected chi connectivity index (χ2v) is 8.26. The van der Waals surface area contributed by atoms with E-state index in [4.69, 9.17) is 4.74 Å². The molecule has 0 heterocycles. The number of carbonyl (C=O) groups excluding carboxylic acids is 2. The maximum Gasteiger partial charge on any atom is 0.232 e. The van der Waals surface area contributed by atoms with Gasteiger partial charge in [0.05, 0.1) is 17.4 Å². The number of fused-ring (bicyclic) bond motifs is 2. The number of benzene rings is 1. The summed E-state index contributed by atoms with van der Waals surface area (Å²) in [5, 5.41) is 3.00. The Labute approximate surface area is 145 Å². The number of ether oxygens (including phenoxy) is 1. The molecule has 1 N–H and O–H groups in total. The molecule has 2 saturated carbocycles. The zero-order chi connectivity index (χ0) is 17.0. The summed E-state index contributed by atoms with van der Waals surface area (Å²) in [6.45, 7) is 6.09. The van der Waals surface area contributed by atoms with E-state index in [0.29, 0.717) is 17.9 Å². The second kappa shape index (κ2) is 5.07. The van der Waals surface area contributed by atoms with Crippen molar-refractivity contribution in [1.29, 1.82) is 0 Å². The highest BCUT2D eigenvalue weighted by Gasteiger charge is 2.76. The molecule has 3 atom stereocenters. The Morgan fingerprint density at radius 3 is 2.57 bits per heavy atom. The molecule has 2 fully saturated rings. The number of hydrogen-bond acceptors (Lipinski definition) is 3. The monoisotopic (exact) mass is 379 g/mol. The predicted molar refractivity (Wildman–Crippen MR) is 92.9 cm³/mol. The van der Waals surface area contributed by atoms with Crippen molar-refractivity contribution in [3.8, 4) is 5.75 Å². The first-order valence-corrected chi connectivity index (χ1v) is 8.76. The molecule has 3 rings (SSSR count). The summed E-state index contributed by atoms with van der Waals surface area (Å²) >= 11 is 3.54. The maximum absolute atomic E-state index is 13.2. The van der Waals surface area contributed by atoms with Gasteiger partial charge in [0, 0.05) is 17.2 Å². The van der Waals surface area contributed by atoms with Crippen molar-refractivity contribution in [3.05, 3.63) is 24.3 Å². The van der Waals surface area contributed by atoms with Gasteiger partial charge in [0.15, 0.2) is 5.78 Å². The number of halogens is 1. The summed E-state index contributed by atoms with van der Waals surface area (Å²) in [5.41, 5.74) is -0.879. The number of carbonyl (C=O) groups is 2. The molecule has 2 bridgehead atoms. The van der Waals surface area contributed by atoms with Crippen LogP contribution in [0.2, 0.25) is 0 Å². The van der Waals surface area contributed by atoms with Gasteiger partial charge in [-0.3, -0.25) is 9.59 Å². The van der Waals surface area contributed by atoms with Gasteiger partial charge in [0.25, 0.3) is 0 Å². The highest BCUT2D eigenvalue weighted by Crippen LogP contribution is 2.72. The highest BCUT2D eigenvalue weighted by molar-refractivity contribution is 9.10. The molecule has 23 heavy (non-hydrogen) atoms. The normalized spacial score (nSPS) is 34.5. The molecule has 4 nitrogen and oxygen atoms in total. The van der Waals surface area contributed by atoms with E-state index >= 15 is 0 Å². The number of methoxy groups -OCH3 is 1. The average Bonchev–Trinajstić information content (AvgIpc) is 2.79. The third kappa shape index (κ3) is 1.89. The van der Waals surface area contributed by atoms with Crippen molar-refractivity contribution in [1.82, 2.24) is 0 Å². The van der Waals surface area contributed by atoms with Gasteiger partial charge in [-0.15, -0.1) is 0 Å². The molecule has 0 aromatic heterocycles. The first-order valence-electron chi connectivity index (χ1n) is 7.84. The average molecular weight is 380 g/mol. The summed E-state index contributed by atoms with van der Waals surface area (Å²) in [5.74, 6) is 0.746. The summed E-state index contributed by atoms with van der Waals surface area (Å²) < 4.78 is 5.20. The minimum atomic E-state index is -0.720. The highest BCUT2D eigenvalue weighted by atomic mass is 79.9. The molecule has 1 amide bonds. The number of rotatable bonds is 3. The van der Waals surface area contributed by atoms with E-state index in [2.05, 4.69) is 21.2 Å². The van der Waals surface area contributed by atoms with Gasteiger partial charge in [0.2, 0.25) is 5.91 Å². The number of Topliss-reactive ketones (excluding diaryl/α,β-unsaturated/α-hetero) is 1. The first-order chi connectivity index (χ1) is 10.7. The summed E-state index contributed by atoms with van der Waals surface area (Å²) in [7, 11) is 1.59. The Kier molecular flexibility index (Phi) is 3.63. The SMILES string of the molecule is COc1cccc(NC(=O)C23CCC(C)(C(=O)C2Br)C3(C)C)c1. The molecule has 0 saturated heterocycles. The zero-order valence-electron chi connectivity index (χ0n) is 13.9. The number of nitrogens with one attached hydrogen (secondary N) is 1. The molecule has 2 aliphatic carbocycles. The summed E-state index contributed by atoms with van der Waals surface area (Å²) in [4.78, 5) is 25.5. The van der Waals surface area contributed by atoms with Crippen molar-refractivity contribution in [2.75, 3.05) is 12.4 Å². The van der Waals surface area contributed by atoms with E-state index in [1.165, 1.54) is 0 Å². The molecule has 0 spiro atoms. The zero-order valence-corrected chi connectivity index (χ0v) is 15.5. The molecule has 2 aliphatic rings. The van der Waals surface area contributed by atoms with Crippen molar-refractivity contribution in [3.63, 3.8) is 0 Å². The van der Waals surface area contributed by atoms with Crippen molar-refractivity contribution in [2.45, 2.75) is 38.4 Å². The quantitative estimate of drug-likeness (QED) is 0.812. The molecule has 124 valence electrons. The first kappa shape index (κ1) is 16.5. The Morgan fingerprint density at radius 2 is 2.00 bits per heavy atom. The van der Waals surface area contributed by atoms with Crippen LogP contribution in [0, 0.1) is 16.2 Å². The Morgan fingerprint density at radius 1 is 1.30 bits per heavy atom. The maximum atomic E-state index is 13.2. The van der Waals surface area contributed by atoms with Crippen molar-refractivity contribution in [2.24, 2.45) is 16.2 Å². The Hall–Kier alpha value is -1.36. The van der Waals surface area contributed by atoms with Crippen LogP contribution in [0.4, 0.5) is 5.69 Å². The Balaban J connectivity index is 1.97. The van der Waals surface area contributed by atoms with Gasteiger partial charge >= 0.3 is 0 Å². The molecule has 5 heteroatoms. The van der Waals surface area contributed by atoms with Crippen LogP contribution in [-0.2, 0) is 9.59 Å². The van der Waals surface area contributed by atoms with E-state index in [-0.39, 0.29) is 11.7 Å². The molecule has 1 aromatic carbocycles. The molecule has 3 unspecified atom stereocenters. The number of hydrogen-bond donors (Lipinski definition) is 1. The molecular formula is C18H22BrNO3. The fourth-order valence-corrected chi connectivity index (χ4v) is 5.91. The van der Waals surface area contributed by atoms with Gasteiger partial charge in [-0.25, -0.2) is 0 Å². The fraction of sp³-hybridized carbons (Fsp3) is 0.556. The number of ketones is 1. The molecule has 0 aliphatic heterocycles. The summed E-state index contributed by atoms with van der Waals surface area (Å²) in [6, 6.07) is 7.28. The van der Waals surface area contributed by atoms with E-state index < -0.39 is 21.1 Å². The van der Waals surface area contributed by atoms with Crippen LogP contribution in [0.5, 0.6) is 5.75 Å². The van der Waals surface area contributed by atoms with Crippen LogP contribution in [0.3, 0.4) is 0 Å². The van der Waals surface area contributed by atoms with Crippen molar-refractivity contribution >= 4 is 33.3 Å². The topological polar surface area (TPSA) is 55.4 Å². The third-order valence-electron chi connectivity index (χ3n) is 6.45. The van der Waals surface area contributed by atoms with Gasteiger partial charge < -0.3 is 10.1 Å². The van der Waals surface area contributed by atoms with Gasteiger partial charge in [-0.2, -0.15) is 0 Å².